The van der Waals surface area contributed by atoms with Crippen molar-refractivity contribution < 1.29 is 18.7 Å². The van der Waals surface area contributed by atoms with Gasteiger partial charge in [-0.15, -0.1) is 0 Å². The van der Waals surface area contributed by atoms with Crippen LogP contribution in [0.4, 0.5) is 0 Å². The van der Waals surface area contributed by atoms with Gasteiger partial charge in [0.1, 0.15) is 11.9 Å². The van der Waals surface area contributed by atoms with Crippen molar-refractivity contribution >= 4 is 11.8 Å². The van der Waals surface area contributed by atoms with Gasteiger partial charge in [-0.25, -0.2) is 0 Å². The van der Waals surface area contributed by atoms with Crippen molar-refractivity contribution in [2.45, 2.75) is 53.7 Å². The van der Waals surface area contributed by atoms with Crippen LogP contribution in [-0.4, -0.2) is 42.5 Å². The quantitative estimate of drug-likeness (QED) is 0.631. The third-order valence-corrected chi connectivity index (χ3v) is 3.89. The Hall–Kier alpha value is -1.86. The summed E-state index contributed by atoms with van der Waals surface area (Å²) in [5.74, 6) is 0.501. The molecule has 25 heavy (non-hydrogen) atoms. The summed E-state index contributed by atoms with van der Waals surface area (Å²) in [5.41, 5.74) is 4.70. The van der Waals surface area contributed by atoms with Crippen LogP contribution in [-0.2, 0) is 16.1 Å². The number of furan rings is 1. The number of rotatable bonds is 10. The second-order valence-corrected chi connectivity index (χ2v) is 6.37. The zero-order valence-electron chi connectivity index (χ0n) is 15.9. The summed E-state index contributed by atoms with van der Waals surface area (Å²) in [6.07, 6.45) is 0.250. The fourth-order valence-corrected chi connectivity index (χ4v) is 2.09. The van der Waals surface area contributed by atoms with Crippen LogP contribution < -0.4 is 10.9 Å². The van der Waals surface area contributed by atoms with Gasteiger partial charge in [0, 0.05) is 6.61 Å². The normalized spacial score (nSPS) is 12.4. The monoisotopic (exact) mass is 353 g/mol. The Morgan fingerprint density at radius 3 is 2.44 bits per heavy atom. The van der Waals surface area contributed by atoms with E-state index in [9.17, 15) is 9.59 Å². The molecule has 0 spiro atoms. The molecular weight excluding hydrogens is 322 g/mol. The number of carbonyl (C=O) groups excluding carboxylic acids is 2. The molecule has 0 fully saturated rings. The topological polar surface area (TPSA) is 83.8 Å². The fraction of sp³-hybridized carbons (Fsp3) is 0.667. The van der Waals surface area contributed by atoms with Gasteiger partial charge in [0.25, 0.3) is 5.91 Å². The Morgan fingerprint density at radius 1 is 1.16 bits per heavy atom. The average Bonchev–Trinajstić information content (AvgIpc) is 3.05. The molecule has 0 bridgehead atoms. The molecule has 2 N–H and O–H groups in total. The van der Waals surface area contributed by atoms with Crippen LogP contribution in [0.15, 0.2) is 16.5 Å². The molecule has 0 aliphatic carbocycles. The molecule has 1 rings (SSSR count). The van der Waals surface area contributed by atoms with Crippen molar-refractivity contribution in [3.8, 4) is 0 Å². The Balaban J connectivity index is 2.41. The predicted octanol–water partition coefficient (Wildman–Crippen LogP) is 2.33. The van der Waals surface area contributed by atoms with E-state index in [0.29, 0.717) is 24.8 Å². The molecule has 142 valence electrons. The summed E-state index contributed by atoms with van der Waals surface area (Å²) in [6, 6.07) is 3.37. The summed E-state index contributed by atoms with van der Waals surface area (Å²) in [4.78, 5) is 26.1. The highest BCUT2D eigenvalue weighted by atomic mass is 16.5. The Kier molecular flexibility index (Phi) is 9.23. The average molecular weight is 353 g/mol. The molecule has 7 heteroatoms. The molecule has 0 saturated carbocycles. The molecule has 0 saturated heterocycles. The van der Waals surface area contributed by atoms with E-state index in [1.807, 2.05) is 0 Å². The van der Waals surface area contributed by atoms with E-state index in [2.05, 4.69) is 43.4 Å². The first-order valence-electron chi connectivity index (χ1n) is 8.90. The van der Waals surface area contributed by atoms with Gasteiger partial charge in [-0.2, -0.15) is 0 Å². The molecule has 0 aromatic carbocycles. The van der Waals surface area contributed by atoms with Crippen LogP contribution in [0.2, 0.25) is 0 Å². The minimum Gasteiger partial charge on any atom is -0.454 e. The zero-order chi connectivity index (χ0) is 18.8. The standard InChI is InChI=1S/C18H31N3O4/c1-6-21(7-2)12-15-8-9-16(25-15)18(23)20-19-17(22)14(5)24-11-10-13(3)4/h8-9,13-14H,6-7,10-12H2,1-5H3,(H,19,22)(H,20,23). The maximum atomic E-state index is 12.0. The zero-order valence-corrected chi connectivity index (χ0v) is 15.9. The smallest absolute Gasteiger partial charge is 0.305 e. The molecule has 2 amide bonds. The van der Waals surface area contributed by atoms with Crippen LogP contribution in [0.5, 0.6) is 0 Å². The van der Waals surface area contributed by atoms with Gasteiger partial charge < -0.3 is 9.15 Å². The highest BCUT2D eigenvalue weighted by Gasteiger charge is 2.17. The Bertz CT molecular complexity index is 538. The van der Waals surface area contributed by atoms with Gasteiger partial charge in [-0.1, -0.05) is 27.7 Å². The summed E-state index contributed by atoms with van der Waals surface area (Å²) >= 11 is 0. The van der Waals surface area contributed by atoms with E-state index in [4.69, 9.17) is 9.15 Å². The number of hydrazine groups is 1. The third-order valence-electron chi connectivity index (χ3n) is 3.89. The summed E-state index contributed by atoms with van der Waals surface area (Å²) in [6.45, 7) is 12.9. The molecule has 1 atom stereocenters. The van der Waals surface area contributed by atoms with Crippen LogP contribution in [0.3, 0.4) is 0 Å². The van der Waals surface area contributed by atoms with E-state index in [-0.39, 0.29) is 5.76 Å². The second kappa shape index (κ2) is 10.9. The van der Waals surface area contributed by atoms with E-state index in [1.54, 1.807) is 19.1 Å². The lowest BCUT2D eigenvalue weighted by atomic mass is 10.1. The second-order valence-electron chi connectivity index (χ2n) is 6.37. The summed E-state index contributed by atoms with van der Waals surface area (Å²) in [5, 5.41) is 0. The minimum atomic E-state index is -0.631. The maximum absolute atomic E-state index is 12.0. The number of carbonyl (C=O) groups is 2. The van der Waals surface area contributed by atoms with Crippen molar-refractivity contribution in [1.82, 2.24) is 15.8 Å². The Labute approximate surface area is 150 Å². The minimum absolute atomic E-state index is 0.163. The van der Waals surface area contributed by atoms with Crippen LogP contribution in [0, 0.1) is 5.92 Å². The number of hydrogen-bond acceptors (Lipinski definition) is 5. The van der Waals surface area contributed by atoms with Crippen LogP contribution >= 0.6 is 0 Å². The summed E-state index contributed by atoms with van der Waals surface area (Å²) in [7, 11) is 0. The lowest BCUT2D eigenvalue weighted by Crippen LogP contribution is -2.46. The van der Waals surface area contributed by atoms with Crippen molar-refractivity contribution in [2.75, 3.05) is 19.7 Å². The summed E-state index contributed by atoms with van der Waals surface area (Å²) < 4.78 is 11.0. The first kappa shape index (κ1) is 21.2. The largest absolute Gasteiger partial charge is 0.454 e. The number of amides is 2. The molecule has 1 unspecified atom stereocenters. The fourth-order valence-electron chi connectivity index (χ4n) is 2.09. The highest BCUT2D eigenvalue weighted by molar-refractivity contribution is 5.93. The van der Waals surface area contributed by atoms with Gasteiger partial charge in [0.15, 0.2) is 5.76 Å². The van der Waals surface area contributed by atoms with E-state index < -0.39 is 17.9 Å². The molecule has 0 aliphatic rings. The lowest BCUT2D eigenvalue weighted by molar-refractivity contribution is -0.132. The van der Waals surface area contributed by atoms with Gasteiger partial charge in [-0.3, -0.25) is 25.3 Å². The molecule has 1 heterocycles. The first-order valence-corrected chi connectivity index (χ1v) is 8.90. The molecule has 1 aromatic rings. The van der Waals surface area contributed by atoms with Crippen LogP contribution in [0.25, 0.3) is 0 Å². The number of hydrogen-bond donors (Lipinski definition) is 2. The predicted molar refractivity (Wildman–Crippen MR) is 95.8 cm³/mol. The lowest BCUT2D eigenvalue weighted by Gasteiger charge is -2.15. The maximum Gasteiger partial charge on any atom is 0.305 e. The van der Waals surface area contributed by atoms with Crippen LogP contribution in [0.1, 0.15) is 57.4 Å². The third kappa shape index (κ3) is 7.70. The van der Waals surface area contributed by atoms with E-state index >= 15 is 0 Å². The molecular formula is C18H31N3O4. The highest BCUT2D eigenvalue weighted by Crippen LogP contribution is 2.10. The SMILES string of the molecule is CCN(CC)Cc1ccc(C(=O)NNC(=O)C(C)OCCC(C)C)o1. The number of nitrogens with zero attached hydrogens (tertiary/aromatic N) is 1. The van der Waals surface area contributed by atoms with Crippen molar-refractivity contribution in [3.63, 3.8) is 0 Å². The van der Waals surface area contributed by atoms with Crippen molar-refractivity contribution in [1.29, 1.82) is 0 Å². The molecule has 0 aliphatic heterocycles. The number of nitrogens with one attached hydrogen (secondary N) is 2. The van der Waals surface area contributed by atoms with Gasteiger partial charge in [-0.05, 0) is 44.5 Å². The van der Waals surface area contributed by atoms with Gasteiger partial charge in [0.05, 0.1) is 6.54 Å². The van der Waals surface area contributed by atoms with Crippen molar-refractivity contribution in [2.24, 2.45) is 5.92 Å². The molecule has 1 aromatic heterocycles. The first-order chi connectivity index (χ1) is 11.9. The number of ether oxygens (including phenoxy) is 1. The van der Waals surface area contributed by atoms with Crippen molar-refractivity contribution in [3.05, 3.63) is 23.7 Å². The van der Waals surface area contributed by atoms with E-state index in [0.717, 1.165) is 19.5 Å². The Morgan fingerprint density at radius 2 is 1.84 bits per heavy atom. The molecule has 7 nitrogen and oxygen atoms in total. The van der Waals surface area contributed by atoms with Gasteiger partial charge >= 0.3 is 5.91 Å². The van der Waals surface area contributed by atoms with E-state index in [1.165, 1.54) is 0 Å². The molecule has 0 radical (unpaired) electrons. The van der Waals surface area contributed by atoms with Gasteiger partial charge in [0.2, 0.25) is 0 Å².